The predicted octanol–water partition coefficient (Wildman–Crippen LogP) is 5.43. The zero-order chi connectivity index (χ0) is 23.1. The number of amides is 1. The molecular weight excluding hydrogens is 466 g/mol. The van der Waals surface area contributed by atoms with Crippen molar-refractivity contribution in [2.24, 2.45) is 0 Å². The van der Waals surface area contributed by atoms with Crippen molar-refractivity contribution >= 4 is 56.0 Å². The number of methoxy groups -OCH3 is 2. The number of aromatic nitrogens is 1. The highest BCUT2D eigenvalue weighted by Gasteiger charge is 2.22. The molecule has 0 saturated heterocycles. The molecule has 32 heavy (non-hydrogen) atoms. The van der Waals surface area contributed by atoms with Crippen LogP contribution in [0.4, 0.5) is 5.13 Å². The van der Waals surface area contributed by atoms with Gasteiger partial charge in [-0.1, -0.05) is 22.9 Å². The number of carbonyl (C=O) groups is 1. The van der Waals surface area contributed by atoms with Crippen molar-refractivity contribution in [3.63, 3.8) is 0 Å². The molecule has 0 aliphatic rings. The summed E-state index contributed by atoms with van der Waals surface area (Å²) in [5.41, 5.74) is 0.716. The Kier molecular flexibility index (Phi) is 9.04. The Balaban J connectivity index is 1.73. The quantitative estimate of drug-likeness (QED) is 0.262. The molecular formula is C23H28ClN3O3S2. The van der Waals surface area contributed by atoms with Crippen LogP contribution in [-0.4, -0.2) is 62.9 Å². The summed E-state index contributed by atoms with van der Waals surface area (Å²) in [6.07, 6.45) is 1.24. The standard InChI is InChI=1S/C23H28ClN3O3S2/c1-26(2)13-14-27(20(28)6-5-15-31-17-9-7-16(24)8-10-17)23-25-21-18(29-3)11-12-19(30-4)22(21)32-23/h7-12H,5-6,13-15H2,1-4H3. The van der Waals surface area contributed by atoms with Crippen molar-refractivity contribution in [1.82, 2.24) is 9.88 Å². The zero-order valence-corrected chi connectivity index (χ0v) is 21.1. The summed E-state index contributed by atoms with van der Waals surface area (Å²) in [6.45, 7) is 1.32. The number of rotatable bonds is 11. The van der Waals surface area contributed by atoms with Crippen molar-refractivity contribution in [3.05, 3.63) is 41.4 Å². The van der Waals surface area contributed by atoms with Crippen LogP contribution in [0.2, 0.25) is 5.02 Å². The van der Waals surface area contributed by atoms with Gasteiger partial charge in [0, 0.05) is 29.4 Å². The van der Waals surface area contributed by atoms with Gasteiger partial charge in [0.25, 0.3) is 0 Å². The molecule has 0 atom stereocenters. The van der Waals surface area contributed by atoms with E-state index in [1.165, 1.54) is 11.3 Å². The summed E-state index contributed by atoms with van der Waals surface area (Å²) in [7, 11) is 7.24. The van der Waals surface area contributed by atoms with Crippen LogP contribution in [0.5, 0.6) is 11.5 Å². The van der Waals surface area contributed by atoms with E-state index in [-0.39, 0.29) is 5.91 Å². The minimum atomic E-state index is 0.0699. The average molecular weight is 494 g/mol. The Labute approximate surface area is 202 Å². The molecule has 1 aromatic heterocycles. The normalized spacial score (nSPS) is 11.2. The lowest BCUT2D eigenvalue weighted by Gasteiger charge is -2.22. The van der Waals surface area contributed by atoms with Gasteiger partial charge in [-0.15, -0.1) is 11.8 Å². The lowest BCUT2D eigenvalue weighted by molar-refractivity contribution is -0.118. The lowest BCUT2D eigenvalue weighted by Crippen LogP contribution is -2.36. The number of thioether (sulfide) groups is 1. The summed E-state index contributed by atoms with van der Waals surface area (Å²) in [5.74, 6) is 2.32. The molecule has 6 nitrogen and oxygen atoms in total. The maximum absolute atomic E-state index is 13.2. The predicted molar refractivity (Wildman–Crippen MR) is 135 cm³/mol. The van der Waals surface area contributed by atoms with E-state index in [1.807, 2.05) is 50.5 Å². The first kappa shape index (κ1) is 24.6. The number of benzene rings is 2. The third-order valence-corrected chi connectivity index (χ3v) is 7.26. The van der Waals surface area contributed by atoms with Gasteiger partial charge < -0.3 is 14.4 Å². The highest BCUT2D eigenvalue weighted by atomic mass is 35.5. The number of ether oxygens (including phenoxy) is 2. The highest BCUT2D eigenvalue weighted by molar-refractivity contribution is 7.99. The second kappa shape index (κ2) is 11.7. The van der Waals surface area contributed by atoms with Gasteiger partial charge in [0.1, 0.15) is 21.7 Å². The summed E-state index contributed by atoms with van der Waals surface area (Å²) in [5, 5.41) is 1.39. The fourth-order valence-corrected chi connectivity index (χ4v) is 5.19. The Morgan fingerprint density at radius 1 is 1.06 bits per heavy atom. The number of likely N-dealkylation sites (N-methyl/N-ethyl adjacent to an activating group) is 1. The van der Waals surface area contributed by atoms with Crippen molar-refractivity contribution < 1.29 is 14.3 Å². The van der Waals surface area contributed by atoms with Crippen LogP contribution in [0.15, 0.2) is 41.3 Å². The van der Waals surface area contributed by atoms with Crippen LogP contribution in [0.3, 0.4) is 0 Å². The zero-order valence-electron chi connectivity index (χ0n) is 18.8. The first-order valence-corrected chi connectivity index (χ1v) is 12.5. The SMILES string of the molecule is COc1ccc(OC)c2sc(N(CCN(C)C)C(=O)CCCSc3ccc(Cl)cc3)nc12. The molecule has 0 saturated carbocycles. The van der Waals surface area contributed by atoms with E-state index in [0.29, 0.717) is 29.4 Å². The van der Waals surface area contributed by atoms with E-state index in [2.05, 4.69) is 4.90 Å². The summed E-state index contributed by atoms with van der Waals surface area (Å²) in [4.78, 5) is 22.9. The molecule has 0 bridgehead atoms. The minimum absolute atomic E-state index is 0.0699. The van der Waals surface area contributed by atoms with Crippen molar-refractivity contribution in [1.29, 1.82) is 0 Å². The number of thiazole rings is 1. The van der Waals surface area contributed by atoms with E-state index in [4.69, 9.17) is 26.1 Å². The lowest BCUT2D eigenvalue weighted by atomic mass is 10.3. The molecule has 0 aliphatic heterocycles. The third-order valence-electron chi connectivity index (χ3n) is 4.82. The Morgan fingerprint density at radius 3 is 2.41 bits per heavy atom. The van der Waals surface area contributed by atoms with Crippen molar-refractivity contribution in [2.75, 3.05) is 52.1 Å². The number of nitrogens with zero attached hydrogens (tertiary/aromatic N) is 3. The summed E-state index contributed by atoms with van der Waals surface area (Å²) < 4.78 is 11.9. The second-order valence-electron chi connectivity index (χ2n) is 7.40. The van der Waals surface area contributed by atoms with Gasteiger partial charge in [0.05, 0.1) is 14.2 Å². The summed E-state index contributed by atoms with van der Waals surface area (Å²) in [6, 6.07) is 11.5. The van der Waals surface area contributed by atoms with Gasteiger partial charge in [0.2, 0.25) is 5.91 Å². The molecule has 0 radical (unpaired) electrons. The van der Waals surface area contributed by atoms with Gasteiger partial charge in [-0.05, 0) is 62.7 Å². The van der Waals surface area contributed by atoms with Crippen LogP contribution >= 0.6 is 34.7 Å². The number of carbonyl (C=O) groups excluding carboxylic acids is 1. The molecule has 1 heterocycles. The monoisotopic (exact) mass is 493 g/mol. The van der Waals surface area contributed by atoms with Crippen LogP contribution in [0.25, 0.3) is 10.2 Å². The van der Waals surface area contributed by atoms with E-state index >= 15 is 0 Å². The Hall–Kier alpha value is -2.00. The fraction of sp³-hybridized carbons (Fsp3) is 0.391. The number of anilines is 1. The highest BCUT2D eigenvalue weighted by Crippen LogP contribution is 2.40. The Bertz CT molecular complexity index is 1000. The van der Waals surface area contributed by atoms with Gasteiger partial charge in [-0.2, -0.15) is 0 Å². The maximum Gasteiger partial charge on any atom is 0.228 e. The van der Waals surface area contributed by atoms with Crippen LogP contribution in [-0.2, 0) is 4.79 Å². The van der Waals surface area contributed by atoms with Gasteiger partial charge in [0.15, 0.2) is 5.13 Å². The Morgan fingerprint density at radius 2 is 1.75 bits per heavy atom. The largest absolute Gasteiger partial charge is 0.495 e. The third kappa shape index (κ3) is 6.28. The molecule has 172 valence electrons. The molecule has 3 rings (SSSR count). The molecule has 3 aromatic rings. The second-order valence-corrected chi connectivity index (χ2v) is 9.98. The molecule has 0 unspecified atom stereocenters. The molecule has 0 fully saturated rings. The van der Waals surface area contributed by atoms with Crippen molar-refractivity contribution in [2.45, 2.75) is 17.7 Å². The molecule has 0 aliphatic carbocycles. The number of halogens is 1. The maximum atomic E-state index is 13.2. The van der Waals surface area contributed by atoms with E-state index in [0.717, 1.165) is 39.1 Å². The van der Waals surface area contributed by atoms with Gasteiger partial charge in [-0.25, -0.2) is 4.98 Å². The molecule has 2 aromatic carbocycles. The van der Waals surface area contributed by atoms with Crippen LogP contribution < -0.4 is 14.4 Å². The van der Waals surface area contributed by atoms with E-state index in [1.54, 1.807) is 30.9 Å². The van der Waals surface area contributed by atoms with Gasteiger partial charge in [-0.3, -0.25) is 9.69 Å². The van der Waals surface area contributed by atoms with Crippen LogP contribution in [0.1, 0.15) is 12.8 Å². The molecule has 1 amide bonds. The summed E-state index contributed by atoms with van der Waals surface area (Å²) >= 11 is 9.13. The minimum Gasteiger partial charge on any atom is -0.495 e. The van der Waals surface area contributed by atoms with E-state index < -0.39 is 0 Å². The first-order chi connectivity index (χ1) is 15.4. The topological polar surface area (TPSA) is 54.9 Å². The number of hydrogen-bond donors (Lipinski definition) is 0. The fourth-order valence-electron chi connectivity index (χ4n) is 3.10. The van der Waals surface area contributed by atoms with E-state index in [9.17, 15) is 4.79 Å². The number of fused-ring (bicyclic) bond motifs is 1. The molecule has 9 heteroatoms. The van der Waals surface area contributed by atoms with Crippen LogP contribution in [0, 0.1) is 0 Å². The van der Waals surface area contributed by atoms with Gasteiger partial charge >= 0.3 is 0 Å². The molecule has 0 N–H and O–H groups in total. The number of hydrogen-bond acceptors (Lipinski definition) is 7. The average Bonchev–Trinajstić information content (AvgIpc) is 3.22. The smallest absolute Gasteiger partial charge is 0.228 e. The van der Waals surface area contributed by atoms with Crippen molar-refractivity contribution in [3.8, 4) is 11.5 Å². The first-order valence-electron chi connectivity index (χ1n) is 10.3. The molecule has 0 spiro atoms.